The Morgan fingerprint density at radius 2 is 1.48 bits per heavy atom. The first-order valence-corrected chi connectivity index (χ1v) is 9.98. The maximum atomic E-state index is 13.3. The fraction of sp³-hybridized carbons (Fsp3) is 0.250. The molecule has 4 N–H and O–H groups in total. The van der Waals surface area contributed by atoms with Crippen LogP contribution in [0.3, 0.4) is 0 Å². The van der Waals surface area contributed by atoms with Crippen LogP contribution in [0, 0.1) is 13.8 Å². The van der Waals surface area contributed by atoms with Gasteiger partial charge in [-0.1, -0.05) is 18.2 Å². The first-order valence-electron chi connectivity index (χ1n) is 9.98. The Balaban J connectivity index is 1.87. The fourth-order valence-electron chi connectivity index (χ4n) is 3.86. The van der Waals surface area contributed by atoms with Crippen LogP contribution in [0.15, 0.2) is 48.5 Å². The van der Waals surface area contributed by atoms with Gasteiger partial charge in [0.1, 0.15) is 5.54 Å². The maximum Gasteiger partial charge on any atom is 0.265 e. The first-order chi connectivity index (χ1) is 14.9. The molecule has 0 radical (unpaired) electrons. The molecule has 0 aliphatic carbocycles. The smallest absolute Gasteiger partial charge is 0.265 e. The van der Waals surface area contributed by atoms with Gasteiger partial charge < -0.3 is 20.6 Å². The predicted octanol–water partition coefficient (Wildman–Crippen LogP) is 2.38. The van der Waals surface area contributed by atoms with Gasteiger partial charge in [-0.3, -0.25) is 9.59 Å². The Bertz CT molecular complexity index is 1170. The number of carbonyl (C=O) groups is 2. The van der Waals surface area contributed by atoms with E-state index in [2.05, 4.69) is 5.32 Å². The van der Waals surface area contributed by atoms with E-state index in [0.29, 0.717) is 33.3 Å². The van der Waals surface area contributed by atoms with E-state index in [1.165, 1.54) is 4.90 Å². The molecule has 1 heterocycles. The maximum absolute atomic E-state index is 13.3. The van der Waals surface area contributed by atoms with Gasteiger partial charge in [0.2, 0.25) is 0 Å². The van der Waals surface area contributed by atoms with Crippen molar-refractivity contribution in [3.8, 4) is 0 Å². The van der Waals surface area contributed by atoms with Crippen LogP contribution < -0.4 is 10.2 Å². The van der Waals surface area contributed by atoms with Crippen LogP contribution in [0.2, 0.25) is 0 Å². The summed E-state index contributed by atoms with van der Waals surface area (Å²) in [4.78, 5) is 27.9. The van der Waals surface area contributed by atoms with E-state index in [1.807, 2.05) is 26.0 Å². The van der Waals surface area contributed by atoms with Crippen molar-refractivity contribution in [3.63, 3.8) is 0 Å². The lowest BCUT2D eigenvalue weighted by Crippen LogP contribution is -2.49. The van der Waals surface area contributed by atoms with E-state index in [-0.39, 0.29) is 0 Å². The van der Waals surface area contributed by atoms with Crippen LogP contribution in [0.4, 0.5) is 11.4 Å². The summed E-state index contributed by atoms with van der Waals surface area (Å²) in [5, 5.41) is 33.1. The van der Waals surface area contributed by atoms with Gasteiger partial charge in [0, 0.05) is 27.6 Å². The number of amides is 2. The number of carbonyl (C=O) groups excluding carboxylic acids is 2. The molecule has 0 saturated carbocycles. The van der Waals surface area contributed by atoms with Crippen LogP contribution in [0.25, 0.3) is 10.8 Å². The highest BCUT2D eigenvalue weighted by molar-refractivity contribution is 6.36. The molecule has 7 heteroatoms. The number of aliphatic hydroxyl groups is 3. The van der Waals surface area contributed by atoms with Gasteiger partial charge >= 0.3 is 0 Å². The topological polar surface area (TPSA) is 110 Å². The van der Waals surface area contributed by atoms with E-state index >= 15 is 0 Å². The highest BCUT2D eigenvalue weighted by atomic mass is 16.3. The predicted molar refractivity (Wildman–Crippen MR) is 119 cm³/mol. The molecule has 0 atom stereocenters. The zero-order chi connectivity index (χ0) is 22.3. The summed E-state index contributed by atoms with van der Waals surface area (Å²) in [6.45, 7) is 2.40. The monoisotopic (exact) mass is 420 g/mol. The lowest BCUT2D eigenvalue weighted by molar-refractivity contribution is 0.0833. The second-order valence-electron chi connectivity index (χ2n) is 7.98. The van der Waals surface area contributed by atoms with Crippen molar-refractivity contribution < 1.29 is 24.9 Å². The molecule has 0 saturated heterocycles. The fourth-order valence-corrected chi connectivity index (χ4v) is 3.86. The third kappa shape index (κ3) is 3.27. The lowest BCUT2D eigenvalue weighted by atomic mass is 9.91. The van der Waals surface area contributed by atoms with Crippen LogP contribution in [0.1, 0.15) is 31.8 Å². The molecule has 1 aliphatic heterocycles. The average Bonchev–Trinajstić information content (AvgIpc) is 2.79. The van der Waals surface area contributed by atoms with Crippen molar-refractivity contribution in [3.05, 3.63) is 70.8 Å². The molecule has 0 spiro atoms. The summed E-state index contributed by atoms with van der Waals surface area (Å²) in [6.07, 6.45) is 0. The number of benzene rings is 3. The molecule has 0 bridgehead atoms. The molecule has 160 valence electrons. The largest absolute Gasteiger partial charge is 0.394 e. The molecule has 0 fully saturated rings. The summed E-state index contributed by atoms with van der Waals surface area (Å²) in [6, 6.07) is 13.9. The number of nitrogens with one attached hydrogen (secondary N) is 1. The minimum Gasteiger partial charge on any atom is -0.394 e. The molecule has 4 rings (SSSR count). The van der Waals surface area contributed by atoms with Gasteiger partial charge in [0.25, 0.3) is 11.8 Å². The number of hydrogen-bond acceptors (Lipinski definition) is 6. The quantitative estimate of drug-likeness (QED) is 0.456. The highest BCUT2D eigenvalue weighted by Crippen LogP contribution is 2.37. The molecule has 1 aliphatic rings. The summed E-state index contributed by atoms with van der Waals surface area (Å²) >= 11 is 0. The molecule has 31 heavy (non-hydrogen) atoms. The second kappa shape index (κ2) is 7.77. The lowest BCUT2D eigenvalue weighted by Gasteiger charge is -2.32. The number of aryl methyl sites for hydroxylation is 2. The third-order valence-electron chi connectivity index (χ3n) is 5.96. The summed E-state index contributed by atoms with van der Waals surface area (Å²) in [5.41, 5.74) is 2.50. The molecule has 7 nitrogen and oxygen atoms in total. The zero-order valence-corrected chi connectivity index (χ0v) is 17.3. The Labute approximate surface area is 179 Å². The molecule has 2 amide bonds. The van der Waals surface area contributed by atoms with E-state index in [4.69, 9.17) is 0 Å². The van der Waals surface area contributed by atoms with Gasteiger partial charge in [-0.15, -0.1) is 0 Å². The van der Waals surface area contributed by atoms with Crippen LogP contribution in [-0.2, 0) is 0 Å². The van der Waals surface area contributed by atoms with Gasteiger partial charge in [-0.25, -0.2) is 4.90 Å². The van der Waals surface area contributed by atoms with Crippen molar-refractivity contribution in [2.24, 2.45) is 0 Å². The molecular weight excluding hydrogens is 396 g/mol. The standard InChI is InChI=1S/C24H24N2O5/c1-14-6-7-16(10-15(14)2)26-22(30)18-5-3-4-17-20(25-24(11-27,12-28)13-29)9-8-19(21(17)18)23(26)31/h3-10,25,27-29H,11-13H2,1-2H3. The van der Waals surface area contributed by atoms with Gasteiger partial charge in [-0.05, 0) is 55.3 Å². The Kier molecular flexibility index (Phi) is 5.26. The number of imide groups is 1. The van der Waals surface area contributed by atoms with Crippen LogP contribution in [-0.4, -0.2) is 52.5 Å². The number of nitrogens with zero attached hydrogens (tertiary/aromatic N) is 1. The minimum atomic E-state index is -1.34. The Morgan fingerprint density at radius 1 is 0.839 bits per heavy atom. The summed E-state index contributed by atoms with van der Waals surface area (Å²) in [5.74, 6) is -0.831. The molecular formula is C24H24N2O5. The number of rotatable bonds is 6. The first kappa shape index (κ1) is 21.0. The molecule has 3 aromatic rings. The SMILES string of the molecule is Cc1ccc(N2C(=O)c3cccc4c(NC(CO)(CO)CO)ccc(c34)C2=O)cc1C. The van der Waals surface area contributed by atoms with Crippen molar-refractivity contribution >= 4 is 34.0 Å². The van der Waals surface area contributed by atoms with E-state index < -0.39 is 37.2 Å². The normalized spacial score (nSPS) is 13.8. The summed E-state index contributed by atoms with van der Waals surface area (Å²) in [7, 11) is 0. The molecule has 0 unspecified atom stereocenters. The molecule has 3 aromatic carbocycles. The van der Waals surface area contributed by atoms with Crippen molar-refractivity contribution in [1.29, 1.82) is 0 Å². The van der Waals surface area contributed by atoms with E-state index in [0.717, 1.165) is 11.1 Å². The Morgan fingerprint density at radius 3 is 2.10 bits per heavy atom. The average molecular weight is 420 g/mol. The molecule has 0 aromatic heterocycles. The third-order valence-corrected chi connectivity index (χ3v) is 5.96. The summed E-state index contributed by atoms with van der Waals surface area (Å²) < 4.78 is 0. The number of hydrogen-bond donors (Lipinski definition) is 4. The van der Waals surface area contributed by atoms with Crippen molar-refractivity contribution in [2.75, 3.05) is 30.0 Å². The van der Waals surface area contributed by atoms with Gasteiger partial charge in [0.15, 0.2) is 0 Å². The van der Waals surface area contributed by atoms with Crippen LogP contribution >= 0.6 is 0 Å². The second-order valence-corrected chi connectivity index (χ2v) is 7.98. The number of aliphatic hydroxyl groups excluding tert-OH is 3. The Hall–Kier alpha value is -3.26. The zero-order valence-electron chi connectivity index (χ0n) is 17.3. The number of anilines is 2. The van der Waals surface area contributed by atoms with Gasteiger partial charge in [-0.2, -0.15) is 0 Å². The van der Waals surface area contributed by atoms with Gasteiger partial charge in [0.05, 0.1) is 25.5 Å². The minimum absolute atomic E-state index is 0.386. The van der Waals surface area contributed by atoms with Crippen molar-refractivity contribution in [2.45, 2.75) is 19.4 Å². The van der Waals surface area contributed by atoms with Crippen LogP contribution in [0.5, 0.6) is 0 Å². The van der Waals surface area contributed by atoms with E-state index in [1.54, 1.807) is 36.4 Å². The van der Waals surface area contributed by atoms with Crippen molar-refractivity contribution in [1.82, 2.24) is 0 Å². The highest BCUT2D eigenvalue weighted by Gasteiger charge is 2.35. The van der Waals surface area contributed by atoms with E-state index in [9.17, 15) is 24.9 Å².